The largest absolute Gasteiger partial charge is 0.356 e. The molecule has 13 heavy (non-hydrogen) atoms. The summed E-state index contributed by atoms with van der Waals surface area (Å²) in [5, 5.41) is 5.48. The molecule has 0 bridgehead atoms. The standard InChI is InChI=1S/C9H18N2O2/c1-7(11-9(3)13)5-4-6-10-8(2)12/h7H,4-6H2,1-3H3,(H,10,12)(H,11,13). The van der Waals surface area contributed by atoms with E-state index in [9.17, 15) is 9.59 Å². The van der Waals surface area contributed by atoms with Crippen LogP contribution in [0.1, 0.15) is 33.6 Å². The molecule has 2 N–H and O–H groups in total. The van der Waals surface area contributed by atoms with Crippen LogP contribution in [-0.4, -0.2) is 24.4 Å². The summed E-state index contributed by atoms with van der Waals surface area (Å²) >= 11 is 0. The first-order valence-corrected chi connectivity index (χ1v) is 4.54. The van der Waals surface area contributed by atoms with Gasteiger partial charge in [-0.05, 0) is 19.8 Å². The predicted molar refractivity (Wildman–Crippen MR) is 51.2 cm³/mol. The molecular formula is C9H18N2O2. The fourth-order valence-corrected chi connectivity index (χ4v) is 1.09. The molecule has 4 nitrogen and oxygen atoms in total. The van der Waals surface area contributed by atoms with Crippen LogP contribution in [0.4, 0.5) is 0 Å². The maximum atomic E-state index is 10.6. The molecule has 1 atom stereocenters. The summed E-state index contributed by atoms with van der Waals surface area (Å²) < 4.78 is 0. The molecule has 0 aliphatic heterocycles. The fraction of sp³-hybridized carbons (Fsp3) is 0.778. The Hall–Kier alpha value is -1.06. The highest BCUT2D eigenvalue weighted by molar-refractivity contribution is 5.73. The second-order valence-electron chi connectivity index (χ2n) is 3.23. The van der Waals surface area contributed by atoms with Gasteiger partial charge in [0.25, 0.3) is 0 Å². The maximum Gasteiger partial charge on any atom is 0.217 e. The quantitative estimate of drug-likeness (QED) is 0.612. The number of carbonyl (C=O) groups is 2. The summed E-state index contributed by atoms with van der Waals surface area (Å²) in [6.07, 6.45) is 1.78. The Kier molecular flexibility index (Phi) is 5.93. The molecule has 0 radical (unpaired) electrons. The lowest BCUT2D eigenvalue weighted by atomic mass is 10.2. The van der Waals surface area contributed by atoms with Crippen LogP contribution in [0, 0.1) is 0 Å². The van der Waals surface area contributed by atoms with Crippen molar-refractivity contribution in [2.45, 2.75) is 39.7 Å². The van der Waals surface area contributed by atoms with Crippen molar-refractivity contribution in [3.8, 4) is 0 Å². The van der Waals surface area contributed by atoms with Crippen molar-refractivity contribution in [1.29, 1.82) is 0 Å². The van der Waals surface area contributed by atoms with Gasteiger partial charge in [-0.1, -0.05) is 0 Å². The van der Waals surface area contributed by atoms with Crippen LogP contribution in [0.3, 0.4) is 0 Å². The minimum atomic E-state index is -0.00738. The van der Waals surface area contributed by atoms with E-state index in [4.69, 9.17) is 0 Å². The van der Waals surface area contributed by atoms with Gasteiger partial charge in [0.05, 0.1) is 0 Å². The number of nitrogens with one attached hydrogen (secondary N) is 2. The molecule has 0 aromatic rings. The van der Waals surface area contributed by atoms with Gasteiger partial charge in [0.2, 0.25) is 11.8 Å². The lowest BCUT2D eigenvalue weighted by Gasteiger charge is -2.11. The smallest absolute Gasteiger partial charge is 0.217 e. The average Bonchev–Trinajstić information content (AvgIpc) is 1.96. The Bertz CT molecular complexity index is 180. The van der Waals surface area contributed by atoms with E-state index in [1.54, 1.807) is 0 Å². The van der Waals surface area contributed by atoms with Crippen LogP contribution in [-0.2, 0) is 9.59 Å². The van der Waals surface area contributed by atoms with Crippen LogP contribution in [0.2, 0.25) is 0 Å². The number of rotatable bonds is 5. The molecule has 0 heterocycles. The molecule has 0 aliphatic rings. The number of carbonyl (C=O) groups excluding carboxylic acids is 2. The van der Waals surface area contributed by atoms with E-state index >= 15 is 0 Å². The zero-order valence-corrected chi connectivity index (χ0v) is 8.52. The van der Waals surface area contributed by atoms with Gasteiger partial charge in [0, 0.05) is 26.4 Å². The minimum absolute atomic E-state index is 0.00724. The Labute approximate surface area is 79.1 Å². The summed E-state index contributed by atoms with van der Waals surface area (Å²) in [6.45, 7) is 5.63. The van der Waals surface area contributed by atoms with E-state index in [0.717, 1.165) is 12.8 Å². The van der Waals surface area contributed by atoms with Gasteiger partial charge in [-0.15, -0.1) is 0 Å². The third kappa shape index (κ3) is 8.85. The maximum absolute atomic E-state index is 10.6. The van der Waals surface area contributed by atoms with Gasteiger partial charge < -0.3 is 10.6 Å². The number of amides is 2. The molecule has 0 saturated heterocycles. The van der Waals surface area contributed by atoms with E-state index in [1.807, 2.05) is 6.92 Å². The van der Waals surface area contributed by atoms with E-state index in [2.05, 4.69) is 10.6 Å². The molecule has 0 aliphatic carbocycles. The van der Waals surface area contributed by atoms with Crippen LogP contribution >= 0.6 is 0 Å². The molecule has 0 saturated carbocycles. The van der Waals surface area contributed by atoms with Crippen molar-refractivity contribution in [2.24, 2.45) is 0 Å². The van der Waals surface area contributed by atoms with Crippen LogP contribution < -0.4 is 10.6 Å². The van der Waals surface area contributed by atoms with E-state index in [1.165, 1.54) is 13.8 Å². The van der Waals surface area contributed by atoms with Gasteiger partial charge in [-0.3, -0.25) is 9.59 Å². The summed E-state index contributed by atoms with van der Waals surface area (Å²) in [5.74, 6) is -0.0146. The van der Waals surface area contributed by atoms with Crippen LogP contribution in [0.25, 0.3) is 0 Å². The molecule has 1 unspecified atom stereocenters. The Morgan fingerprint density at radius 2 is 1.85 bits per heavy atom. The Balaban J connectivity index is 3.31. The second-order valence-corrected chi connectivity index (χ2v) is 3.23. The molecule has 2 amide bonds. The van der Waals surface area contributed by atoms with Crippen molar-refractivity contribution in [3.63, 3.8) is 0 Å². The fourth-order valence-electron chi connectivity index (χ4n) is 1.09. The topological polar surface area (TPSA) is 58.2 Å². The zero-order valence-electron chi connectivity index (χ0n) is 8.52. The average molecular weight is 186 g/mol. The van der Waals surface area contributed by atoms with Crippen LogP contribution in [0.15, 0.2) is 0 Å². The summed E-state index contributed by atoms with van der Waals surface area (Å²) in [6, 6.07) is 0.186. The van der Waals surface area contributed by atoms with Crippen molar-refractivity contribution in [3.05, 3.63) is 0 Å². The third-order valence-electron chi connectivity index (χ3n) is 1.64. The van der Waals surface area contributed by atoms with Gasteiger partial charge in [0.15, 0.2) is 0 Å². The first-order valence-electron chi connectivity index (χ1n) is 4.54. The molecule has 0 fully saturated rings. The Morgan fingerprint density at radius 1 is 1.23 bits per heavy atom. The highest BCUT2D eigenvalue weighted by Crippen LogP contribution is 1.94. The lowest BCUT2D eigenvalue weighted by molar-refractivity contribution is -0.120. The molecule has 0 aromatic heterocycles. The first kappa shape index (κ1) is 11.9. The van der Waals surface area contributed by atoms with Crippen molar-refractivity contribution < 1.29 is 9.59 Å². The lowest BCUT2D eigenvalue weighted by Crippen LogP contribution is -2.31. The van der Waals surface area contributed by atoms with Gasteiger partial charge in [0.1, 0.15) is 0 Å². The third-order valence-corrected chi connectivity index (χ3v) is 1.64. The number of hydrogen-bond donors (Lipinski definition) is 2. The van der Waals surface area contributed by atoms with E-state index < -0.39 is 0 Å². The molecule has 4 heteroatoms. The molecule has 0 rings (SSSR count). The Morgan fingerprint density at radius 3 is 2.31 bits per heavy atom. The van der Waals surface area contributed by atoms with Crippen molar-refractivity contribution >= 4 is 11.8 Å². The number of hydrogen-bond acceptors (Lipinski definition) is 2. The molecule has 76 valence electrons. The second kappa shape index (κ2) is 6.46. The molecular weight excluding hydrogens is 168 g/mol. The SMILES string of the molecule is CC(=O)NCCCC(C)NC(C)=O. The van der Waals surface area contributed by atoms with Crippen LogP contribution in [0.5, 0.6) is 0 Å². The zero-order chi connectivity index (χ0) is 10.3. The van der Waals surface area contributed by atoms with E-state index in [-0.39, 0.29) is 17.9 Å². The van der Waals surface area contributed by atoms with Gasteiger partial charge in [-0.2, -0.15) is 0 Å². The molecule has 0 aromatic carbocycles. The predicted octanol–water partition coefficient (Wildman–Crippen LogP) is 0.427. The summed E-state index contributed by atoms with van der Waals surface area (Å²) in [5.41, 5.74) is 0. The van der Waals surface area contributed by atoms with E-state index in [0.29, 0.717) is 6.54 Å². The highest BCUT2D eigenvalue weighted by Gasteiger charge is 2.02. The summed E-state index contributed by atoms with van der Waals surface area (Å²) in [4.78, 5) is 21.1. The molecule has 0 spiro atoms. The normalized spacial score (nSPS) is 11.9. The van der Waals surface area contributed by atoms with Gasteiger partial charge >= 0.3 is 0 Å². The van der Waals surface area contributed by atoms with Crippen molar-refractivity contribution in [2.75, 3.05) is 6.54 Å². The highest BCUT2D eigenvalue weighted by atomic mass is 16.2. The minimum Gasteiger partial charge on any atom is -0.356 e. The monoisotopic (exact) mass is 186 g/mol. The summed E-state index contributed by atoms with van der Waals surface area (Å²) in [7, 11) is 0. The van der Waals surface area contributed by atoms with Crippen molar-refractivity contribution in [1.82, 2.24) is 10.6 Å². The van der Waals surface area contributed by atoms with Gasteiger partial charge in [-0.25, -0.2) is 0 Å². The first-order chi connectivity index (χ1) is 6.02.